The van der Waals surface area contributed by atoms with Crippen molar-refractivity contribution >= 4 is 39.8 Å². The number of fused-ring (bicyclic) bond motifs is 7. The van der Waals surface area contributed by atoms with Gasteiger partial charge in [-0.2, -0.15) is 0 Å². The third kappa shape index (κ3) is 3.44. The molecule has 0 amide bonds. The van der Waals surface area contributed by atoms with Crippen molar-refractivity contribution in [1.29, 1.82) is 10.8 Å². The van der Waals surface area contributed by atoms with Gasteiger partial charge in [-0.1, -0.05) is 98.8 Å². The Balaban J connectivity index is 1.26. The Bertz CT molecular complexity index is 2040. The van der Waals surface area contributed by atoms with Gasteiger partial charge in [-0.15, -0.1) is 0 Å². The summed E-state index contributed by atoms with van der Waals surface area (Å²) in [5.41, 5.74) is 12.0. The second-order valence-electron chi connectivity index (χ2n) is 11.7. The third-order valence-corrected chi connectivity index (χ3v) is 8.96. The SMILES string of the molecule is CC1(C)c2ccccc2-c2cc(C3N=C(c4ccc5c6c(ccc5c4)C=CC(=N)C6=N)Nc4ccccc43)ccc21. The summed E-state index contributed by atoms with van der Waals surface area (Å²) in [6.07, 6.45) is 3.62. The topological polar surface area (TPSA) is 72.1 Å². The number of rotatable bonds is 2. The maximum absolute atomic E-state index is 8.52. The number of nitrogens with one attached hydrogen (secondary N) is 3. The molecule has 0 saturated heterocycles. The van der Waals surface area contributed by atoms with E-state index in [2.05, 4.69) is 110 Å². The summed E-state index contributed by atoms with van der Waals surface area (Å²) in [4.78, 5) is 5.32. The van der Waals surface area contributed by atoms with Gasteiger partial charge in [0.25, 0.3) is 0 Å². The molecule has 5 aromatic carbocycles. The molecule has 41 heavy (non-hydrogen) atoms. The standard InChI is InChI=1S/C37H28N4/c1-37(2)29-9-5-3-7-26(29)28-20-23(14-17-30(28)37)35-27-8-4-6-10-32(27)40-36(41-35)24-13-16-25-22(19-24)12-11-21-15-18-31(38)34(39)33(21)25/h3-20,35,38-39H,1-2H3,(H,40,41). The van der Waals surface area contributed by atoms with Crippen molar-refractivity contribution in [2.45, 2.75) is 25.3 Å². The van der Waals surface area contributed by atoms with Gasteiger partial charge in [-0.05, 0) is 68.4 Å². The molecule has 1 heterocycles. The van der Waals surface area contributed by atoms with E-state index < -0.39 is 0 Å². The van der Waals surface area contributed by atoms with E-state index in [4.69, 9.17) is 15.8 Å². The first-order valence-electron chi connectivity index (χ1n) is 14.0. The second-order valence-corrected chi connectivity index (χ2v) is 11.7. The highest BCUT2D eigenvalue weighted by Gasteiger charge is 2.36. The molecule has 0 fully saturated rings. The quantitative estimate of drug-likeness (QED) is 0.211. The number of allylic oxidation sites excluding steroid dienone is 1. The van der Waals surface area contributed by atoms with E-state index in [1.54, 1.807) is 6.08 Å². The summed E-state index contributed by atoms with van der Waals surface area (Å²) >= 11 is 0. The van der Waals surface area contributed by atoms with Crippen LogP contribution in [0.5, 0.6) is 0 Å². The van der Waals surface area contributed by atoms with Crippen LogP contribution in [0.4, 0.5) is 5.69 Å². The van der Waals surface area contributed by atoms with E-state index >= 15 is 0 Å². The van der Waals surface area contributed by atoms with Crippen LogP contribution in [-0.4, -0.2) is 17.3 Å². The molecule has 8 rings (SSSR count). The maximum Gasteiger partial charge on any atom is 0.133 e. The minimum Gasteiger partial charge on any atom is -0.340 e. The fourth-order valence-electron chi connectivity index (χ4n) is 6.82. The molecule has 1 aliphatic heterocycles. The highest BCUT2D eigenvalue weighted by molar-refractivity contribution is 6.53. The van der Waals surface area contributed by atoms with Gasteiger partial charge in [0.05, 0.1) is 11.4 Å². The van der Waals surface area contributed by atoms with Gasteiger partial charge < -0.3 is 5.32 Å². The summed E-state index contributed by atoms with van der Waals surface area (Å²) in [7, 11) is 0. The van der Waals surface area contributed by atoms with Crippen molar-refractivity contribution in [3.8, 4) is 11.1 Å². The van der Waals surface area contributed by atoms with Crippen LogP contribution in [0.2, 0.25) is 0 Å². The minimum atomic E-state index is -0.137. The van der Waals surface area contributed by atoms with Crippen molar-refractivity contribution in [2.24, 2.45) is 4.99 Å². The average Bonchev–Trinajstić information content (AvgIpc) is 3.24. The zero-order valence-corrected chi connectivity index (χ0v) is 22.9. The molecule has 0 bridgehead atoms. The van der Waals surface area contributed by atoms with E-state index in [0.717, 1.165) is 44.5 Å². The van der Waals surface area contributed by atoms with Crippen LogP contribution >= 0.6 is 0 Å². The fourth-order valence-corrected chi connectivity index (χ4v) is 6.82. The van der Waals surface area contributed by atoms with Gasteiger partial charge in [0, 0.05) is 27.8 Å². The molecular weight excluding hydrogens is 500 g/mol. The van der Waals surface area contributed by atoms with Gasteiger partial charge in [0.2, 0.25) is 0 Å². The van der Waals surface area contributed by atoms with Crippen molar-refractivity contribution in [2.75, 3.05) is 5.32 Å². The molecule has 0 radical (unpaired) electrons. The van der Waals surface area contributed by atoms with Crippen LogP contribution in [0, 0.1) is 10.8 Å². The molecule has 1 atom stereocenters. The van der Waals surface area contributed by atoms with Crippen molar-refractivity contribution < 1.29 is 0 Å². The zero-order chi connectivity index (χ0) is 27.9. The number of nitrogens with zero attached hydrogens (tertiary/aromatic N) is 1. The van der Waals surface area contributed by atoms with Gasteiger partial charge in [-0.25, -0.2) is 0 Å². The number of anilines is 1. The van der Waals surface area contributed by atoms with Crippen molar-refractivity contribution in [1.82, 2.24) is 0 Å². The van der Waals surface area contributed by atoms with Crippen LogP contribution < -0.4 is 5.32 Å². The second kappa shape index (κ2) is 8.45. The summed E-state index contributed by atoms with van der Waals surface area (Å²) in [5.74, 6) is 0.831. The number of hydrogen-bond donors (Lipinski definition) is 3. The lowest BCUT2D eigenvalue weighted by Gasteiger charge is -2.27. The normalized spacial score (nSPS) is 17.8. The number of amidine groups is 1. The number of hydrogen-bond acceptors (Lipinski definition) is 4. The molecule has 0 spiro atoms. The molecule has 4 heteroatoms. The highest BCUT2D eigenvalue weighted by atomic mass is 15.0. The minimum absolute atomic E-state index is 0.0280. The zero-order valence-electron chi connectivity index (χ0n) is 22.9. The molecule has 3 N–H and O–H groups in total. The molecule has 3 aliphatic rings. The molecular formula is C37H28N4. The van der Waals surface area contributed by atoms with E-state index in [-0.39, 0.29) is 22.9 Å². The largest absolute Gasteiger partial charge is 0.340 e. The van der Waals surface area contributed by atoms with Gasteiger partial charge in [0.15, 0.2) is 0 Å². The molecule has 0 aromatic heterocycles. The van der Waals surface area contributed by atoms with Crippen LogP contribution in [0.1, 0.15) is 58.8 Å². The van der Waals surface area contributed by atoms with Crippen LogP contribution in [0.3, 0.4) is 0 Å². The molecule has 196 valence electrons. The van der Waals surface area contributed by atoms with Crippen molar-refractivity contribution in [3.05, 3.63) is 142 Å². The number of para-hydroxylation sites is 1. The molecule has 1 unspecified atom stereocenters. The molecule has 0 saturated carbocycles. The smallest absolute Gasteiger partial charge is 0.133 e. The van der Waals surface area contributed by atoms with E-state index in [1.807, 2.05) is 12.1 Å². The van der Waals surface area contributed by atoms with Crippen LogP contribution in [-0.2, 0) is 5.41 Å². The maximum atomic E-state index is 8.52. The van der Waals surface area contributed by atoms with Crippen LogP contribution in [0.25, 0.3) is 28.0 Å². The first-order chi connectivity index (χ1) is 19.9. The summed E-state index contributed by atoms with van der Waals surface area (Å²) in [5, 5.41) is 22.3. The first-order valence-corrected chi connectivity index (χ1v) is 14.0. The molecule has 5 aromatic rings. The monoisotopic (exact) mass is 528 g/mol. The Hall–Kier alpha value is -5.09. The molecule has 2 aliphatic carbocycles. The predicted octanol–water partition coefficient (Wildman–Crippen LogP) is 8.52. The third-order valence-electron chi connectivity index (χ3n) is 8.96. The first kappa shape index (κ1) is 23.8. The Morgan fingerprint density at radius 2 is 1.56 bits per heavy atom. The fraction of sp³-hybridized carbons (Fsp3) is 0.108. The van der Waals surface area contributed by atoms with E-state index in [1.165, 1.54) is 27.8 Å². The Kier molecular flexibility index (Phi) is 4.90. The lowest BCUT2D eigenvalue weighted by Crippen LogP contribution is -2.22. The predicted molar refractivity (Wildman–Crippen MR) is 170 cm³/mol. The van der Waals surface area contributed by atoms with Crippen LogP contribution in [0.15, 0.2) is 108 Å². The molecule has 4 nitrogen and oxygen atoms in total. The average molecular weight is 529 g/mol. The number of benzene rings is 5. The highest BCUT2D eigenvalue weighted by Crippen LogP contribution is 2.50. The Labute approximate surface area is 239 Å². The lowest BCUT2D eigenvalue weighted by atomic mass is 9.82. The van der Waals surface area contributed by atoms with Gasteiger partial charge in [-0.3, -0.25) is 15.8 Å². The van der Waals surface area contributed by atoms with Gasteiger partial charge >= 0.3 is 0 Å². The Morgan fingerprint density at radius 3 is 2.46 bits per heavy atom. The van der Waals surface area contributed by atoms with E-state index in [0.29, 0.717) is 0 Å². The van der Waals surface area contributed by atoms with Gasteiger partial charge in [0.1, 0.15) is 11.9 Å². The Morgan fingerprint density at radius 1 is 0.756 bits per heavy atom. The summed E-state index contributed by atoms with van der Waals surface area (Å²) < 4.78 is 0. The van der Waals surface area contributed by atoms with Crippen molar-refractivity contribution in [3.63, 3.8) is 0 Å². The summed E-state index contributed by atoms with van der Waals surface area (Å²) in [6, 6.07) is 34.4. The number of aliphatic imine (C=N–C) groups is 1. The summed E-state index contributed by atoms with van der Waals surface area (Å²) in [6.45, 7) is 4.62. The van der Waals surface area contributed by atoms with E-state index in [9.17, 15) is 0 Å². The lowest BCUT2D eigenvalue weighted by molar-refractivity contribution is 0.660.